The van der Waals surface area contributed by atoms with Gasteiger partial charge in [0.05, 0.1) is 23.5 Å². The summed E-state index contributed by atoms with van der Waals surface area (Å²) in [5.41, 5.74) is 3.64. The van der Waals surface area contributed by atoms with E-state index >= 15 is 0 Å². The highest BCUT2D eigenvalue weighted by Gasteiger charge is 2.20. The average molecular weight is 384 g/mol. The molecule has 5 heteroatoms. The smallest absolute Gasteiger partial charge is 0.293 e. The lowest BCUT2D eigenvalue weighted by molar-refractivity contribution is 0.170. The van der Waals surface area contributed by atoms with E-state index in [4.69, 9.17) is 9.57 Å². The van der Waals surface area contributed by atoms with Crippen LogP contribution in [0.1, 0.15) is 5.56 Å². The molecule has 2 heterocycles. The zero-order chi connectivity index (χ0) is 20.0. The maximum Gasteiger partial charge on any atom is 0.293 e. The Morgan fingerprint density at radius 3 is 2.34 bits per heavy atom. The van der Waals surface area contributed by atoms with Gasteiger partial charge in [-0.1, -0.05) is 48.5 Å². The van der Waals surface area contributed by atoms with Crippen molar-refractivity contribution in [1.82, 2.24) is 9.30 Å². The van der Waals surface area contributed by atoms with Gasteiger partial charge in [-0.2, -0.15) is 0 Å². The van der Waals surface area contributed by atoms with Crippen LogP contribution in [0, 0.1) is 0 Å². The van der Waals surface area contributed by atoms with Crippen molar-refractivity contribution in [2.45, 2.75) is 6.54 Å². The molecular formula is C24H20N2O3. The number of nitrogens with zero attached hydrogens (tertiary/aromatic N) is 2. The lowest BCUT2D eigenvalue weighted by Crippen LogP contribution is -2.25. The van der Waals surface area contributed by atoms with Gasteiger partial charge in [0, 0.05) is 22.8 Å². The number of rotatable bonds is 4. The maximum atomic E-state index is 13.4. The quantitative estimate of drug-likeness (QED) is 0.466. The van der Waals surface area contributed by atoms with Gasteiger partial charge in [-0.3, -0.25) is 4.79 Å². The second kappa shape index (κ2) is 6.71. The summed E-state index contributed by atoms with van der Waals surface area (Å²) in [6.07, 6.45) is 0. The van der Waals surface area contributed by atoms with Gasteiger partial charge in [-0.25, -0.2) is 0 Å². The minimum absolute atomic E-state index is 0.175. The summed E-state index contributed by atoms with van der Waals surface area (Å²) < 4.78 is 9.01. The van der Waals surface area contributed by atoms with Crippen molar-refractivity contribution >= 4 is 32.7 Å². The van der Waals surface area contributed by atoms with Crippen LogP contribution in [0.5, 0.6) is 5.75 Å². The lowest BCUT2D eigenvalue weighted by Gasteiger charge is -2.12. The summed E-state index contributed by atoms with van der Waals surface area (Å²) >= 11 is 0. The van der Waals surface area contributed by atoms with Crippen molar-refractivity contribution in [2.24, 2.45) is 0 Å². The van der Waals surface area contributed by atoms with Gasteiger partial charge in [0.15, 0.2) is 0 Å². The molecule has 0 saturated heterocycles. The van der Waals surface area contributed by atoms with E-state index in [0.717, 1.165) is 27.3 Å². The second-order valence-electron chi connectivity index (χ2n) is 6.98. The normalized spacial score (nSPS) is 11.4. The number of fused-ring (bicyclic) bond motifs is 5. The fourth-order valence-electron chi connectivity index (χ4n) is 4.13. The number of methoxy groups -OCH3 is 1. The molecule has 0 radical (unpaired) electrons. The zero-order valence-electron chi connectivity index (χ0n) is 16.3. The van der Waals surface area contributed by atoms with Gasteiger partial charge < -0.3 is 14.1 Å². The largest absolute Gasteiger partial charge is 0.497 e. The van der Waals surface area contributed by atoms with Gasteiger partial charge in [-0.15, -0.1) is 4.73 Å². The standard InChI is InChI=1S/C24H20N2O3/c1-28-17-12-13-20-19(14-17)22-23(25(20)15-16-8-4-3-5-9-16)18-10-6-7-11-21(18)26(29-2)24(22)27/h3-14H,15H2,1-2H3. The molecule has 144 valence electrons. The summed E-state index contributed by atoms with van der Waals surface area (Å²) in [5.74, 6) is 0.716. The third kappa shape index (κ3) is 2.58. The minimum Gasteiger partial charge on any atom is -0.497 e. The van der Waals surface area contributed by atoms with Crippen LogP contribution in [0.4, 0.5) is 0 Å². The maximum absolute atomic E-state index is 13.4. The molecular weight excluding hydrogens is 364 g/mol. The summed E-state index contributed by atoms with van der Waals surface area (Å²) in [7, 11) is 3.15. The Balaban J connectivity index is 2.00. The van der Waals surface area contributed by atoms with Crippen molar-refractivity contribution in [3.05, 3.63) is 88.7 Å². The summed E-state index contributed by atoms with van der Waals surface area (Å²) in [6.45, 7) is 0.660. The molecule has 0 spiro atoms. The Hall–Kier alpha value is -3.73. The molecule has 0 fully saturated rings. The third-order valence-electron chi connectivity index (χ3n) is 5.41. The third-order valence-corrected chi connectivity index (χ3v) is 5.41. The first-order valence-corrected chi connectivity index (χ1v) is 9.45. The van der Waals surface area contributed by atoms with E-state index in [9.17, 15) is 4.79 Å². The molecule has 0 bridgehead atoms. The van der Waals surface area contributed by atoms with E-state index in [1.165, 1.54) is 17.4 Å². The van der Waals surface area contributed by atoms with Crippen molar-refractivity contribution in [3.8, 4) is 5.75 Å². The number of hydrogen-bond donors (Lipinski definition) is 0. The predicted octanol–water partition coefficient (Wildman–Crippen LogP) is 4.22. The molecule has 3 aromatic carbocycles. The molecule has 0 unspecified atom stereocenters. The van der Waals surface area contributed by atoms with E-state index in [1.54, 1.807) is 7.11 Å². The van der Waals surface area contributed by atoms with Crippen LogP contribution in [0.15, 0.2) is 77.6 Å². The van der Waals surface area contributed by atoms with Gasteiger partial charge >= 0.3 is 0 Å². The Labute approximate surface area is 167 Å². The summed E-state index contributed by atoms with van der Waals surface area (Å²) in [5, 5.41) is 2.46. The van der Waals surface area contributed by atoms with Crippen LogP contribution >= 0.6 is 0 Å². The Morgan fingerprint density at radius 2 is 1.59 bits per heavy atom. The molecule has 0 aliphatic heterocycles. The van der Waals surface area contributed by atoms with E-state index in [0.29, 0.717) is 17.7 Å². The number of hydrogen-bond acceptors (Lipinski definition) is 3. The summed E-state index contributed by atoms with van der Waals surface area (Å²) in [6, 6.07) is 24.0. The molecule has 29 heavy (non-hydrogen) atoms. The van der Waals surface area contributed by atoms with Crippen LogP contribution in [-0.2, 0) is 6.54 Å². The van der Waals surface area contributed by atoms with Crippen molar-refractivity contribution in [3.63, 3.8) is 0 Å². The average Bonchev–Trinajstić information content (AvgIpc) is 3.09. The lowest BCUT2D eigenvalue weighted by atomic mass is 10.1. The van der Waals surface area contributed by atoms with Gasteiger partial charge in [0.1, 0.15) is 12.9 Å². The number of aromatic nitrogens is 2. The van der Waals surface area contributed by atoms with Crippen LogP contribution in [0.2, 0.25) is 0 Å². The number of pyridine rings is 1. The molecule has 2 aromatic heterocycles. The first-order valence-electron chi connectivity index (χ1n) is 9.45. The number of ether oxygens (including phenoxy) is 1. The van der Waals surface area contributed by atoms with E-state index < -0.39 is 0 Å². The molecule has 0 saturated carbocycles. The Bertz CT molecular complexity index is 1420. The van der Waals surface area contributed by atoms with E-state index in [-0.39, 0.29) is 5.56 Å². The molecule has 5 nitrogen and oxygen atoms in total. The minimum atomic E-state index is -0.175. The summed E-state index contributed by atoms with van der Waals surface area (Å²) in [4.78, 5) is 18.9. The molecule has 5 rings (SSSR count). The zero-order valence-corrected chi connectivity index (χ0v) is 16.3. The molecule has 0 aliphatic carbocycles. The topological polar surface area (TPSA) is 45.4 Å². The molecule has 0 atom stereocenters. The first-order chi connectivity index (χ1) is 14.2. The SMILES string of the molecule is COc1ccc2c(c1)c1c(=O)n(OC)c3ccccc3c1n2Cc1ccccc1. The highest BCUT2D eigenvalue weighted by atomic mass is 16.6. The highest BCUT2D eigenvalue weighted by molar-refractivity contribution is 6.16. The Morgan fingerprint density at radius 1 is 0.828 bits per heavy atom. The fraction of sp³-hybridized carbons (Fsp3) is 0.125. The van der Waals surface area contributed by atoms with Crippen molar-refractivity contribution < 1.29 is 9.57 Å². The van der Waals surface area contributed by atoms with Crippen LogP contribution in [-0.4, -0.2) is 23.5 Å². The van der Waals surface area contributed by atoms with Crippen molar-refractivity contribution in [1.29, 1.82) is 0 Å². The van der Waals surface area contributed by atoms with Gasteiger partial charge in [0.25, 0.3) is 5.56 Å². The van der Waals surface area contributed by atoms with E-state index in [2.05, 4.69) is 16.7 Å². The molecule has 0 amide bonds. The molecule has 0 N–H and O–H groups in total. The van der Waals surface area contributed by atoms with Crippen LogP contribution < -0.4 is 15.1 Å². The van der Waals surface area contributed by atoms with Crippen LogP contribution in [0.25, 0.3) is 32.7 Å². The van der Waals surface area contributed by atoms with Crippen LogP contribution in [0.3, 0.4) is 0 Å². The molecule has 5 aromatic rings. The highest BCUT2D eigenvalue weighted by Crippen LogP contribution is 2.34. The fourth-order valence-corrected chi connectivity index (χ4v) is 4.13. The van der Waals surface area contributed by atoms with Crippen molar-refractivity contribution in [2.75, 3.05) is 14.2 Å². The van der Waals surface area contributed by atoms with Gasteiger partial charge in [-0.05, 0) is 29.8 Å². The van der Waals surface area contributed by atoms with E-state index in [1.807, 2.05) is 60.7 Å². The number of para-hydroxylation sites is 1. The Kier molecular flexibility index (Phi) is 4.02. The number of benzene rings is 3. The predicted molar refractivity (Wildman–Crippen MR) is 116 cm³/mol. The monoisotopic (exact) mass is 384 g/mol. The second-order valence-corrected chi connectivity index (χ2v) is 6.98. The van der Waals surface area contributed by atoms with Gasteiger partial charge in [0.2, 0.25) is 0 Å². The molecule has 0 aliphatic rings. The first kappa shape index (κ1) is 17.4.